The van der Waals surface area contributed by atoms with Gasteiger partial charge in [0.15, 0.2) is 12.6 Å². The van der Waals surface area contributed by atoms with E-state index in [4.69, 9.17) is 33.2 Å². The molecule has 340 valence electrons. The van der Waals surface area contributed by atoms with Crippen LogP contribution in [0, 0.1) is 11.8 Å². The van der Waals surface area contributed by atoms with Crippen LogP contribution in [0.4, 0.5) is 0 Å². The van der Waals surface area contributed by atoms with E-state index in [0.717, 1.165) is 10.9 Å². The molecule has 0 unspecified atom stereocenters. The van der Waals surface area contributed by atoms with Crippen molar-refractivity contribution < 1.29 is 104 Å². The van der Waals surface area contributed by atoms with Crippen molar-refractivity contribution in [3.63, 3.8) is 0 Å². The Morgan fingerprint density at radius 1 is 0.738 bits per heavy atom. The van der Waals surface area contributed by atoms with Crippen molar-refractivity contribution in [1.82, 2.24) is 9.88 Å². The summed E-state index contributed by atoms with van der Waals surface area (Å²) in [6.07, 6.45) is -26.2. The van der Waals surface area contributed by atoms with Crippen molar-refractivity contribution in [2.45, 2.75) is 123 Å². The maximum absolute atomic E-state index is 14.2. The predicted octanol–water partition coefficient (Wildman–Crippen LogP) is -6.36. The first-order valence-electron chi connectivity index (χ1n) is 20.0. The number of nitrogens with zero attached hydrogens (tertiary/aromatic N) is 1. The lowest BCUT2D eigenvalue weighted by Gasteiger charge is -2.50. The molecule has 6 aliphatic rings. The third-order valence-electron chi connectivity index (χ3n) is 12.7. The number of rotatable bonds is 11. The molecule has 0 radical (unpaired) electrons. The van der Waals surface area contributed by atoms with E-state index in [2.05, 4.69) is 4.98 Å². The number of amides is 1. The second kappa shape index (κ2) is 17.8. The van der Waals surface area contributed by atoms with Gasteiger partial charge in [0.2, 0.25) is 12.6 Å². The molecule has 2 aromatic rings. The molecule has 1 amide bonds. The molecule has 1 aromatic carbocycles. The summed E-state index contributed by atoms with van der Waals surface area (Å²) in [4.78, 5) is 19.2. The highest BCUT2D eigenvalue weighted by Crippen LogP contribution is 2.49. The number of carbonyl (C=O) groups is 1. The number of benzene rings is 1. The van der Waals surface area contributed by atoms with Crippen molar-refractivity contribution in [2.75, 3.05) is 33.0 Å². The van der Waals surface area contributed by atoms with Gasteiger partial charge in [0.25, 0.3) is 5.91 Å². The minimum atomic E-state index is -1.93. The minimum absolute atomic E-state index is 0.172. The predicted molar refractivity (Wildman–Crippen MR) is 196 cm³/mol. The minimum Gasteiger partial charge on any atom is -0.472 e. The maximum atomic E-state index is 14.2. The molecule has 61 heavy (non-hydrogen) atoms. The lowest BCUT2D eigenvalue weighted by molar-refractivity contribution is -0.386. The highest BCUT2D eigenvalue weighted by molar-refractivity contribution is 5.96. The number of fused-ring (bicyclic) bond motifs is 6. The fraction of sp³-hybridized carbons (Fsp3) is 0.711. The number of aliphatic hydroxyl groups is 13. The van der Waals surface area contributed by atoms with Crippen molar-refractivity contribution in [2.24, 2.45) is 11.8 Å². The number of hydrogen-bond acceptors (Lipinski definition) is 21. The quantitative estimate of drug-likeness (QED) is 0.0998. The van der Waals surface area contributed by atoms with E-state index in [-0.39, 0.29) is 17.7 Å². The van der Waals surface area contributed by atoms with Gasteiger partial charge in [-0.05, 0) is 30.5 Å². The molecule has 4 fully saturated rings. The fourth-order valence-corrected chi connectivity index (χ4v) is 9.30. The second-order valence-electron chi connectivity index (χ2n) is 16.2. The van der Waals surface area contributed by atoms with Crippen molar-refractivity contribution in [3.8, 4) is 5.75 Å². The fourth-order valence-electron chi connectivity index (χ4n) is 9.30. The Kier molecular flexibility index (Phi) is 13.0. The summed E-state index contributed by atoms with van der Waals surface area (Å²) in [5, 5.41) is 136. The van der Waals surface area contributed by atoms with E-state index in [1.54, 1.807) is 23.1 Å². The van der Waals surface area contributed by atoms with E-state index in [1.165, 1.54) is 6.26 Å². The molecule has 8 rings (SSSR count). The number of aromatic amines is 1. The second-order valence-corrected chi connectivity index (χ2v) is 16.2. The van der Waals surface area contributed by atoms with E-state index in [1.807, 2.05) is 0 Å². The summed E-state index contributed by atoms with van der Waals surface area (Å²) >= 11 is 0. The maximum Gasteiger partial charge on any atom is 0.253 e. The molecule has 0 saturated carbocycles. The van der Waals surface area contributed by atoms with Gasteiger partial charge >= 0.3 is 0 Å². The number of H-pyrrole nitrogens is 1. The number of piperidine rings is 1. The van der Waals surface area contributed by atoms with Crippen LogP contribution >= 0.6 is 0 Å². The number of nitrogens with one attached hydrogen (secondary N) is 1. The van der Waals surface area contributed by atoms with Gasteiger partial charge in [-0.3, -0.25) is 4.79 Å². The Balaban J connectivity index is 1.05. The van der Waals surface area contributed by atoms with Crippen LogP contribution in [0.1, 0.15) is 23.7 Å². The number of hydrogen-bond donors (Lipinski definition) is 14. The third-order valence-corrected chi connectivity index (χ3v) is 12.7. The summed E-state index contributed by atoms with van der Waals surface area (Å²) < 4.78 is 40.4. The third kappa shape index (κ3) is 7.82. The molecule has 7 heterocycles. The largest absolute Gasteiger partial charge is 0.472 e. The molecule has 0 bridgehead atoms. The van der Waals surface area contributed by atoms with Gasteiger partial charge < -0.3 is 109 Å². The zero-order chi connectivity index (χ0) is 43.6. The van der Waals surface area contributed by atoms with Crippen LogP contribution in [0.2, 0.25) is 0 Å². The molecular formula is C38H52N2O21. The van der Waals surface area contributed by atoms with E-state index >= 15 is 0 Å². The van der Waals surface area contributed by atoms with Crippen molar-refractivity contribution in [3.05, 3.63) is 41.3 Å². The zero-order valence-corrected chi connectivity index (χ0v) is 32.3. The molecule has 6 aliphatic heterocycles. The molecule has 4 saturated heterocycles. The van der Waals surface area contributed by atoms with Crippen molar-refractivity contribution >= 4 is 16.8 Å². The Hall–Kier alpha value is -3.15. The molecule has 1 aromatic heterocycles. The first-order chi connectivity index (χ1) is 29.2. The smallest absolute Gasteiger partial charge is 0.253 e. The Bertz CT molecular complexity index is 1900. The first kappa shape index (κ1) is 44.5. The van der Waals surface area contributed by atoms with Gasteiger partial charge in [0.05, 0.1) is 56.3 Å². The van der Waals surface area contributed by atoms with Crippen LogP contribution in [-0.2, 0) is 39.6 Å². The average molecular weight is 873 g/mol. The number of ether oxygens (including phenoxy) is 7. The molecule has 23 heteroatoms. The number of aromatic nitrogens is 1. The molecule has 20 atom stereocenters. The van der Waals surface area contributed by atoms with E-state index in [9.17, 15) is 71.2 Å². The average Bonchev–Trinajstić information content (AvgIpc) is 3.64. The Morgan fingerprint density at radius 3 is 1.98 bits per heavy atom. The summed E-state index contributed by atoms with van der Waals surface area (Å²) in [5.74, 6) is -2.23. The Morgan fingerprint density at radius 2 is 1.34 bits per heavy atom. The Labute approximate surface area is 346 Å². The van der Waals surface area contributed by atoms with Gasteiger partial charge in [0, 0.05) is 35.1 Å². The van der Waals surface area contributed by atoms with Gasteiger partial charge in [-0.1, -0.05) is 0 Å². The highest BCUT2D eigenvalue weighted by Gasteiger charge is 2.55. The summed E-state index contributed by atoms with van der Waals surface area (Å²) in [6, 6.07) is 4.41. The van der Waals surface area contributed by atoms with Crippen LogP contribution in [0.5, 0.6) is 5.75 Å². The lowest BCUT2D eigenvalue weighted by Crippen LogP contribution is -2.65. The normalized spacial score (nSPS) is 43.2. The SMILES string of the molecule is O=C1C2=CO[C@@H](O[C@@H]3O[C@H](CO)[C@@H](O)[C@H](O)[C@H]3O[C@@H]3O[C@H](CO)[C@@H](O)[C@H](O)[C@H]3O)[C@H]([C@H](O)CO)[C@@H]2C[C@@H]2c3[nH]c4cc(O[C@@H]5O[C@H](CO)[C@@H](O)[C@H](O)[C@H]5O)ccc4c3CCN12. The standard InChI is InChI=1S/C38H52N2O21/c41-7-19(45)23-15-6-18-24-14(13-2-1-12(5-17(13)39-24)56-36-31(52)28(49)25(46)20(8-42)57-36)3-4-40(18)34(54)16(15)11-55-35(23)61-38-33(30(51)27(48)22(10-44)59-38)60-37-32(53)29(50)26(47)21(9-43)58-37/h1-2,5,11,15,18-23,25-33,35-39,41-53H,3-4,6-10H2/t15-,18-,19-,20-,21-,22-,23+,25-,26-,27-,28+,29+,30+,31-,32-,33-,35+,36-,37+,38+/m1/s1. The van der Waals surface area contributed by atoms with E-state index < -0.39 is 155 Å². The topological polar surface area (TPSA) is 364 Å². The lowest BCUT2D eigenvalue weighted by atomic mass is 9.72. The van der Waals surface area contributed by atoms with Gasteiger partial charge in [-0.15, -0.1) is 0 Å². The summed E-state index contributed by atoms with van der Waals surface area (Å²) in [6.45, 7) is -2.75. The molecular weight excluding hydrogens is 820 g/mol. The molecule has 0 aliphatic carbocycles. The first-order valence-corrected chi connectivity index (χ1v) is 20.0. The monoisotopic (exact) mass is 872 g/mol. The number of aliphatic hydroxyl groups excluding tert-OH is 13. The van der Waals surface area contributed by atoms with Crippen molar-refractivity contribution in [1.29, 1.82) is 0 Å². The van der Waals surface area contributed by atoms with Gasteiger partial charge in [0.1, 0.15) is 79.0 Å². The summed E-state index contributed by atoms with van der Waals surface area (Å²) in [7, 11) is 0. The van der Waals surface area contributed by atoms with Crippen LogP contribution in [-0.4, -0.2) is 220 Å². The van der Waals surface area contributed by atoms with Crippen LogP contribution in [0.25, 0.3) is 10.9 Å². The number of carbonyl (C=O) groups excluding carboxylic acids is 1. The molecule has 0 spiro atoms. The van der Waals surface area contributed by atoms with E-state index in [0.29, 0.717) is 24.2 Å². The highest BCUT2D eigenvalue weighted by atomic mass is 16.8. The zero-order valence-electron chi connectivity index (χ0n) is 32.3. The van der Waals surface area contributed by atoms with Gasteiger partial charge in [-0.2, -0.15) is 0 Å². The van der Waals surface area contributed by atoms with Crippen LogP contribution in [0.3, 0.4) is 0 Å². The van der Waals surface area contributed by atoms with Crippen LogP contribution in [0.15, 0.2) is 30.0 Å². The summed E-state index contributed by atoms with van der Waals surface area (Å²) in [5.41, 5.74) is 2.32. The molecule has 14 N–H and O–H groups in total. The van der Waals surface area contributed by atoms with Gasteiger partial charge in [-0.25, -0.2) is 0 Å². The van der Waals surface area contributed by atoms with Crippen LogP contribution < -0.4 is 4.74 Å². The molecule has 23 nitrogen and oxygen atoms in total.